The Balaban J connectivity index is 1.47. The van der Waals surface area contributed by atoms with Gasteiger partial charge in [0.15, 0.2) is 11.0 Å². The van der Waals surface area contributed by atoms with E-state index >= 15 is 0 Å². The van der Waals surface area contributed by atoms with Crippen LogP contribution in [0.5, 0.6) is 0 Å². The van der Waals surface area contributed by atoms with E-state index in [0.717, 1.165) is 51.4 Å². The van der Waals surface area contributed by atoms with Gasteiger partial charge in [-0.25, -0.2) is 4.68 Å². The number of pyridine rings is 1. The molecule has 0 spiro atoms. The van der Waals surface area contributed by atoms with Crippen LogP contribution in [0, 0.1) is 0 Å². The van der Waals surface area contributed by atoms with Gasteiger partial charge < -0.3 is 4.57 Å². The zero-order valence-corrected chi connectivity index (χ0v) is 18.5. The molecule has 3 aromatic heterocycles. The van der Waals surface area contributed by atoms with Crippen molar-refractivity contribution in [2.75, 3.05) is 0 Å². The van der Waals surface area contributed by atoms with Gasteiger partial charge in [-0.2, -0.15) is 5.10 Å². The number of rotatable bonds is 7. The van der Waals surface area contributed by atoms with E-state index in [1.54, 1.807) is 24.2 Å². The van der Waals surface area contributed by atoms with Gasteiger partial charge in [0, 0.05) is 47.6 Å². The second kappa shape index (κ2) is 9.20. The fourth-order valence-corrected chi connectivity index (χ4v) is 4.57. The lowest BCUT2D eigenvalue weighted by atomic mass is 10.1. The fraction of sp³-hybridized carbons (Fsp3) is 0.120. The lowest BCUT2D eigenvalue weighted by Gasteiger charge is -2.07. The Morgan fingerprint density at radius 2 is 1.53 bits per heavy atom. The molecule has 0 bridgehead atoms. The third-order valence-electron chi connectivity index (χ3n) is 5.19. The van der Waals surface area contributed by atoms with Crippen molar-refractivity contribution in [3.8, 4) is 28.3 Å². The molecule has 6 nitrogen and oxygen atoms in total. The van der Waals surface area contributed by atoms with Crippen LogP contribution in [0.2, 0.25) is 0 Å². The van der Waals surface area contributed by atoms with E-state index < -0.39 is 0 Å². The molecule has 0 N–H and O–H groups in total. The molecule has 0 fully saturated rings. The number of aromatic nitrogens is 6. The highest BCUT2D eigenvalue weighted by atomic mass is 32.2. The average Bonchev–Trinajstić information content (AvgIpc) is 3.48. The van der Waals surface area contributed by atoms with E-state index in [0.29, 0.717) is 0 Å². The maximum absolute atomic E-state index is 4.91. The predicted octanol–water partition coefficient (Wildman–Crippen LogP) is 5.51. The quantitative estimate of drug-likeness (QED) is 0.314. The first-order valence-electron chi connectivity index (χ1n) is 10.5. The molecule has 0 aliphatic heterocycles. The van der Waals surface area contributed by atoms with E-state index in [4.69, 9.17) is 5.10 Å². The first-order chi connectivity index (χ1) is 15.8. The molecule has 0 aliphatic carbocycles. The van der Waals surface area contributed by atoms with Gasteiger partial charge in [0.25, 0.3) is 0 Å². The van der Waals surface area contributed by atoms with Crippen molar-refractivity contribution < 1.29 is 0 Å². The number of para-hydroxylation sites is 1. The van der Waals surface area contributed by atoms with Gasteiger partial charge >= 0.3 is 0 Å². The lowest BCUT2D eigenvalue weighted by molar-refractivity contribution is 0.687. The van der Waals surface area contributed by atoms with E-state index in [9.17, 15) is 0 Å². The summed E-state index contributed by atoms with van der Waals surface area (Å²) in [5, 5.41) is 14.7. The molecule has 5 aromatic rings. The van der Waals surface area contributed by atoms with Gasteiger partial charge in [0.2, 0.25) is 0 Å². The van der Waals surface area contributed by atoms with Crippen molar-refractivity contribution >= 4 is 11.8 Å². The molecule has 0 amide bonds. The minimum absolute atomic E-state index is 0.742. The third kappa shape index (κ3) is 4.07. The van der Waals surface area contributed by atoms with Gasteiger partial charge in [-0.15, -0.1) is 10.2 Å². The fourth-order valence-electron chi connectivity index (χ4n) is 3.60. The molecular formula is C25H22N6S. The summed E-state index contributed by atoms with van der Waals surface area (Å²) in [4.78, 5) is 4.10. The summed E-state index contributed by atoms with van der Waals surface area (Å²) >= 11 is 1.68. The van der Waals surface area contributed by atoms with Crippen molar-refractivity contribution in [2.24, 2.45) is 0 Å². The Labute approximate surface area is 191 Å². The van der Waals surface area contributed by atoms with Crippen molar-refractivity contribution in [1.82, 2.24) is 29.5 Å². The zero-order valence-electron chi connectivity index (χ0n) is 17.7. The SMILES string of the molecule is CCn1c(SCc2cn(-c3ccccc3)nc2-c2ccccc2)nnc1-c1ccncc1. The van der Waals surface area contributed by atoms with Crippen LogP contribution in [0.25, 0.3) is 28.3 Å². The highest BCUT2D eigenvalue weighted by Crippen LogP contribution is 2.31. The Kier molecular flexibility index (Phi) is 5.81. The van der Waals surface area contributed by atoms with Crippen molar-refractivity contribution in [3.05, 3.63) is 97.0 Å². The van der Waals surface area contributed by atoms with Crippen molar-refractivity contribution in [1.29, 1.82) is 0 Å². The summed E-state index contributed by atoms with van der Waals surface area (Å²) in [6.07, 6.45) is 5.67. The molecule has 7 heteroatoms. The topological polar surface area (TPSA) is 61.4 Å². The van der Waals surface area contributed by atoms with Crippen LogP contribution < -0.4 is 0 Å². The Hall–Kier alpha value is -3.71. The standard InChI is InChI=1S/C25H22N6S/c1-2-30-24(20-13-15-26-16-14-20)27-28-25(30)32-18-21-17-31(22-11-7-4-8-12-22)29-23(21)19-9-5-3-6-10-19/h3-17H,2,18H2,1H3. The molecular weight excluding hydrogens is 416 g/mol. The average molecular weight is 439 g/mol. The first-order valence-corrected chi connectivity index (χ1v) is 11.5. The molecule has 158 valence electrons. The van der Waals surface area contributed by atoms with Crippen LogP contribution in [0.15, 0.2) is 96.5 Å². The second-order valence-electron chi connectivity index (χ2n) is 7.22. The molecule has 2 aromatic carbocycles. The largest absolute Gasteiger partial charge is 0.302 e. The smallest absolute Gasteiger partial charge is 0.191 e. The summed E-state index contributed by atoms with van der Waals surface area (Å²) in [5.74, 6) is 1.60. The van der Waals surface area contributed by atoms with Crippen LogP contribution in [-0.2, 0) is 12.3 Å². The molecule has 0 saturated carbocycles. The monoisotopic (exact) mass is 438 g/mol. The van der Waals surface area contributed by atoms with E-state index in [1.807, 2.05) is 53.2 Å². The Bertz CT molecular complexity index is 1300. The molecule has 0 radical (unpaired) electrons. The van der Waals surface area contributed by atoms with Crippen LogP contribution in [0.4, 0.5) is 0 Å². The molecule has 0 atom stereocenters. The normalized spacial score (nSPS) is 11.0. The highest BCUT2D eigenvalue weighted by Gasteiger charge is 2.16. The summed E-state index contributed by atoms with van der Waals surface area (Å²) in [5.41, 5.74) is 5.30. The first kappa shape index (κ1) is 20.2. The summed E-state index contributed by atoms with van der Waals surface area (Å²) in [6, 6.07) is 24.4. The maximum atomic E-state index is 4.91. The number of hydrogen-bond donors (Lipinski definition) is 0. The number of hydrogen-bond acceptors (Lipinski definition) is 5. The van der Waals surface area contributed by atoms with E-state index in [1.165, 1.54) is 0 Å². The second-order valence-corrected chi connectivity index (χ2v) is 8.17. The van der Waals surface area contributed by atoms with Gasteiger partial charge in [-0.3, -0.25) is 4.98 Å². The molecule has 0 saturated heterocycles. The van der Waals surface area contributed by atoms with Gasteiger partial charge in [0.05, 0.1) is 11.4 Å². The molecule has 0 aliphatic rings. The molecule has 5 rings (SSSR count). The summed E-state index contributed by atoms with van der Waals surface area (Å²) < 4.78 is 4.09. The van der Waals surface area contributed by atoms with Crippen LogP contribution in [0.1, 0.15) is 12.5 Å². The van der Waals surface area contributed by atoms with Crippen LogP contribution >= 0.6 is 11.8 Å². The molecule has 0 unspecified atom stereocenters. The van der Waals surface area contributed by atoms with E-state index in [2.05, 4.69) is 57.1 Å². The summed E-state index contributed by atoms with van der Waals surface area (Å²) in [7, 11) is 0. The highest BCUT2D eigenvalue weighted by molar-refractivity contribution is 7.98. The van der Waals surface area contributed by atoms with E-state index in [-0.39, 0.29) is 0 Å². The lowest BCUT2D eigenvalue weighted by Crippen LogP contribution is -2.00. The van der Waals surface area contributed by atoms with Gasteiger partial charge in [-0.05, 0) is 31.2 Å². The van der Waals surface area contributed by atoms with Gasteiger partial charge in [0.1, 0.15) is 0 Å². The zero-order chi connectivity index (χ0) is 21.8. The van der Waals surface area contributed by atoms with Crippen LogP contribution in [0.3, 0.4) is 0 Å². The Morgan fingerprint density at radius 1 is 0.812 bits per heavy atom. The Morgan fingerprint density at radius 3 is 2.25 bits per heavy atom. The molecule has 3 heterocycles. The minimum atomic E-state index is 0.742. The summed E-state index contributed by atoms with van der Waals surface area (Å²) in [6.45, 7) is 2.91. The number of nitrogens with zero attached hydrogens (tertiary/aromatic N) is 6. The number of benzene rings is 2. The maximum Gasteiger partial charge on any atom is 0.191 e. The molecule has 32 heavy (non-hydrogen) atoms. The van der Waals surface area contributed by atoms with Crippen molar-refractivity contribution in [2.45, 2.75) is 24.4 Å². The van der Waals surface area contributed by atoms with Gasteiger partial charge in [-0.1, -0.05) is 60.3 Å². The van der Waals surface area contributed by atoms with Crippen molar-refractivity contribution in [3.63, 3.8) is 0 Å². The third-order valence-corrected chi connectivity index (χ3v) is 6.20. The van der Waals surface area contributed by atoms with Crippen LogP contribution in [-0.4, -0.2) is 29.5 Å². The minimum Gasteiger partial charge on any atom is -0.302 e. The predicted molar refractivity (Wildman–Crippen MR) is 127 cm³/mol. The number of thioether (sulfide) groups is 1.